The molecule has 0 saturated carbocycles. The summed E-state index contributed by atoms with van der Waals surface area (Å²) in [5, 5.41) is 6.02. The average molecular weight is 509 g/mol. The molecule has 4 aromatic rings. The molecule has 7 nitrogen and oxygen atoms in total. The van der Waals surface area contributed by atoms with Gasteiger partial charge in [0, 0.05) is 22.5 Å². The van der Waals surface area contributed by atoms with Crippen LogP contribution < -0.4 is 24.3 Å². The lowest BCUT2D eigenvalue weighted by molar-refractivity contribution is 0.0946. The van der Waals surface area contributed by atoms with E-state index in [1.54, 1.807) is 12.5 Å². The molecular formula is C26H21ClN2O5S. The van der Waals surface area contributed by atoms with Crippen LogP contribution in [-0.4, -0.2) is 24.8 Å². The SMILES string of the molecule is COc1cc(-c2nc(C(=O)NCc3ccc4c(c3)OCO4)cs2)ccc1OCc1ccc(Cl)cc1. The summed E-state index contributed by atoms with van der Waals surface area (Å²) in [7, 11) is 1.59. The highest BCUT2D eigenvalue weighted by Gasteiger charge is 2.16. The zero-order chi connectivity index (χ0) is 24.2. The largest absolute Gasteiger partial charge is 0.493 e. The van der Waals surface area contributed by atoms with E-state index in [1.807, 2.05) is 60.7 Å². The second kappa shape index (κ2) is 10.2. The first-order valence-electron chi connectivity index (χ1n) is 10.8. The van der Waals surface area contributed by atoms with Crippen LogP contribution in [0.25, 0.3) is 10.6 Å². The molecule has 35 heavy (non-hydrogen) atoms. The number of nitrogens with zero attached hydrogens (tertiary/aromatic N) is 1. The maximum Gasteiger partial charge on any atom is 0.271 e. The molecule has 0 unspecified atom stereocenters. The number of ether oxygens (including phenoxy) is 4. The number of fused-ring (bicyclic) bond motifs is 1. The molecule has 3 aromatic carbocycles. The van der Waals surface area contributed by atoms with E-state index >= 15 is 0 Å². The Balaban J connectivity index is 1.23. The number of carbonyl (C=O) groups is 1. The van der Waals surface area contributed by atoms with Crippen LogP contribution in [0.1, 0.15) is 21.6 Å². The molecule has 0 spiro atoms. The zero-order valence-corrected chi connectivity index (χ0v) is 20.3. The fraction of sp³-hybridized carbons (Fsp3) is 0.154. The Kier molecular flexibility index (Phi) is 6.74. The van der Waals surface area contributed by atoms with Crippen molar-refractivity contribution in [2.24, 2.45) is 0 Å². The molecule has 1 aliphatic rings. The number of nitrogens with one attached hydrogen (secondary N) is 1. The normalized spacial score (nSPS) is 11.8. The first kappa shape index (κ1) is 23.0. The number of hydrogen-bond donors (Lipinski definition) is 1. The standard InChI is InChI=1S/C26H21ClN2O5S/c1-31-23-11-18(5-9-21(23)32-13-16-2-6-19(27)7-3-16)26-29-20(14-35-26)25(30)28-12-17-4-8-22-24(10-17)34-15-33-22/h2-11,14H,12-13,15H2,1H3,(H,28,30). The van der Waals surface area contributed by atoms with Crippen LogP contribution in [0.2, 0.25) is 5.02 Å². The summed E-state index contributed by atoms with van der Waals surface area (Å²) in [4.78, 5) is 17.1. The van der Waals surface area contributed by atoms with Gasteiger partial charge in [-0.05, 0) is 53.6 Å². The van der Waals surface area contributed by atoms with E-state index < -0.39 is 0 Å². The Labute approximate surface area is 211 Å². The second-order valence-electron chi connectivity index (χ2n) is 7.69. The maximum absolute atomic E-state index is 12.6. The van der Waals surface area contributed by atoms with Gasteiger partial charge in [-0.15, -0.1) is 11.3 Å². The lowest BCUT2D eigenvalue weighted by Gasteiger charge is -2.12. The Morgan fingerprint density at radius 1 is 1.03 bits per heavy atom. The summed E-state index contributed by atoms with van der Waals surface area (Å²) in [5.41, 5.74) is 3.10. The summed E-state index contributed by atoms with van der Waals surface area (Å²) < 4.78 is 22.1. The molecule has 178 valence electrons. The van der Waals surface area contributed by atoms with Gasteiger partial charge in [-0.25, -0.2) is 4.98 Å². The summed E-state index contributed by atoms with van der Waals surface area (Å²) in [6.45, 7) is 0.959. The van der Waals surface area contributed by atoms with Crippen LogP contribution in [0, 0.1) is 0 Å². The minimum absolute atomic E-state index is 0.215. The highest BCUT2D eigenvalue weighted by atomic mass is 35.5. The third-order valence-corrected chi connectivity index (χ3v) is 6.49. The third kappa shape index (κ3) is 5.34. The van der Waals surface area contributed by atoms with Gasteiger partial charge in [0.25, 0.3) is 5.91 Å². The molecule has 0 fully saturated rings. The quantitative estimate of drug-likeness (QED) is 0.328. The topological polar surface area (TPSA) is 78.9 Å². The third-order valence-electron chi connectivity index (χ3n) is 5.35. The molecule has 2 heterocycles. The van der Waals surface area contributed by atoms with E-state index in [2.05, 4.69) is 10.3 Å². The van der Waals surface area contributed by atoms with E-state index in [9.17, 15) is 4.79 Å². The molecule has 1 amide bonds. The van der Waals surface area contributed by atoms with Crippen LogP contribution in [0.4, 0.5) is 0 Å². The number of halogens is 1. The Hall–Kier alpha value is -3.75. The molecule has 1 N–H and O–H groups in total. The number of thiazole rings is 1. The molecule has 0 radical (unpaired) electrons. The van der Waals surface area contributed by atoms with Crippen molar-refractivity contribution >= 4 is 28.8 Å². The fourth-order valence-corrected chi connectivity index (χ4v) is 4.42. The van der Waals surface area contributed by atoms with Crippen LogP contribution in [0.5, 0.6) is 23.0 Å². The van der Waals surface area contributed by atoms with Gasteiger partial charge in [0.15, 0.2) is 23.0 Å². The summed E-state index contributed by atoms with van der Waals surface area (Å²) in [5.74, 6) is 2.34. The molecule has 0 saturated heterocycles. The Morgan fingerprint density at radius 3 is 2.66 bits per heavy atom. The molecule has 9 heteroatoms. The fourth-order valence-electron chi connectivity index (χ4n) is 3.50. The number of amides is 1. The molecule has 1 aromatic heterocycles. The monoisotopic (exact) mass is 508 g/mol. The van der Waals surface area contributed by atoms with E-state index in [4.69, 9.17) is 30.5 Å². The van der Waals surface area contributed by atoms with Crippen molar-refractivity contribution < 1.29 is 23.7 Å². The van der Waals surface area contributed by atoms with Crippen LogP contribution in [0.15, 0.2) is 66.0 Å². The Morgan fingerprint density at radius 2 is 1.83 bits per heavy atom. The van der Waals surface area contributed by atoms with Gasteiger partial charge in [0.05, 0.1) is 7.11 Å². The molecule has 0 bridgehead atoms. The van der Waals surface area contributed by atoms with Gasteiger partial charge < -0.3 is 24.3 Å². The molecule has 0 atom stereocenters. The molecule has 5 rings (SSSR count). The van der Waals surface area contributed by atoms with Gasteiger partial charge in [-0.3, -0.25) is 4.79 Å². The molecule has 0 aliphatic carbocycles. The minimum atomic E-state index is -0.250. The predicted octanol–water partition coefficient (Wildman–Crippen LogP) is 5.71. The van der Waals surface area contributed by atoms with E-state index in [0.29, 0.717) is 51.9 Å². The second-order valence-corrected chi connectivity index (χ2v) is 8.98. The van der Waals surface area contributed by atoms with Gasteiger partial charge in [-0.2, -0.15) is 0 Å². The summed E-state index contributed by atoms with van der Waals surface area (Å²) in [6.07, 6.45) is 0. The number of methoxy groups -OCH3 is 1. The van der Waals surface area contributed by atoms with Crippen molar-refractivity contribution in [1.29, 1.82) is 0 Å². The number of carbonyl (C=O) groups excluding carboxylic acids is 1. The van der Waals surface area contributed by atoms with Crippen molar-refractivity contribution in [2.45, 2.75) is 13.2 Å². The predicted molar refractivity (Wildman–Crippen MR) is 134 cm³/mol. The Bertz CT molecular complexity index is 1360. The van der Waals surface area contributed by atoms with E-state index in [-0.39, 0.29) is 12.7 Å². The van der Waals surface area contributed by atoms with Gasteiger partial charge >= 0.3 is 0 Å². The molecule has 1 aliphatic heterocycles. The van der Waals surface area contributed by atoms with Crippen molar-refractivity contribution in [3.8, 4) is 33.6 Å². The van der Waals surface area contributed by atoms with Crippen LogP contribution in [0.3, 0.4) is 0 Å². The minimum Gasteiger partial charge on any atom is -0.493 e. The zero-order valence-electron chi connectivity index (χ0n) is 18.7. The van der Waals surface area contributed by atoms with Crippen molar-refractivity contribution in [3.63, 3.8) is 0 Å². The van der Waals surface area contributed by atoms with Crippen molar-refractivity contribution in [3.05, 3.63) is 87.9 Å². The highest BCUT2D eigenvalue weighted by Crippen LogP contribution is 2.35. The lowest BCUT2D eigenvalue weighted by atomic mass is 10.2. The first-order chi connectivity index (χ1) is 17.1. The number of aromatic nitrogens is 1. The van der Waals surface area contributed by atoms with Crippen LogP contribution in [-0.2, 0) is 13.2 Å². The van der Waals surface area contributed by atoms with Gasteiger partial charge in [0.2, 0.25) is 6.79 Å². The van der Waals surface area contributed by atoms with Gasteiger partial charge in [0.1, 0.15) is 17.3 Å². The number of rotatable bonds is 8. The van der Waals surface area contributed by atoms with Crippen molar-refractivity contribution in [1.82, 2.24) is 10.3 Å². The maximum atomic E-state index is 12.6. The van der Waals surface area contributed by atoms with Gasteiger partial charge in [-0.1, -0.05) is 29.8 Å². The average Bonchev–Trinajstić information content (AvgIpc) is 3.56. The first-order valence-corrected chi connectivity index (χ1v) is 12.0. The smallest absolute Gasteiger partial charge is 0.271 e. The highest BCUT2D eigenvalue weighted by molar-refractivity contribution is 7.13. The lowest BCUT2D eigenvalue weighted by Crippen LogP contribution is -2.23. The van der Waals surface area contributed by atoms with E-state index in [1.165, 1.54) is 11.3 Å². The number of hydrogen-bond acceptors (Lipinski definition) is 7. The summed E-state index contributed by atoms with van der Waals surface area (Å²) in [6, 6.07) is 18.7. The van der Waals surface area contributed by atoms with Crippen molar-refractivity contribution in [2.75, 3.05) is 13.9 Å². The van der Waals surface area contributed by atoms with E-state index in [0.717, 1.165) is 16.7 Å². The number of benzene rings is 3. The summed E-state index contributed by atoms with van der Waals surface area (Å²) >= 11 is 7.33. The molecular weight excluding hydrogens is 488 g/mol. The van der Waals surface area contributed by atoms with Crippen LogP contribution >= 0.6 is 22.9 Å².